The van der Waals surface area contributed by atoms with Crippen LogP contribution in [0.1, 0.15) is 27.0 Å². The van der Waals surface area contributed by atoms with Crippen molar-refractivity contribution in [2.24, 2.45) is 4.99 Å². The van der Waals surface area contributed by atoms with Gasteiger partial charge in [0.15, 0.2) is 0 Å². The number of carboxylic acid groups (broad SMARTS) is 1. The molecule has 0 saturated carbocycles. The van der Waals surface area contributed by atoms with Gasteiger partial charge >= 0.3 is 5.97 Å². The predicted molar refractivity (Wildman–Crippen MR) is 154 cm³/mol. The third-order valence-corrected chi connectivity index (χ3v) is 6.94. The van der Waals surface area contributed by atoms with Gasteiger partial charge in [-0.15, -0.1) is 0 Å². The number of aromatic carboxylic acids is 1. The van der Waals surface area contributed by atoms with Crippen molar-refractivity contribution in [1.29, 1.82) is 0 Å². The van der Waals surface area contributed by atoms with Crippen molar-refractivity contribution in [1.82, 2.24) is 4.98 Å². The molecule has 4 aromatic rings. The zero-order valence-corrected chi connectivity index (χ0v) is 22.2. The third kappa shape index (κ3) is 5.82. The van der Waals surface area contributed by atoms with Crippen LogP contribution in [0.2, 0.25) is 5.02 Å². The molecule has 1 N–H and O–H groups in total. The standard InChI is InChI=1S/C30H23BrClN3O2/c31-24-3-1-2-22(16-24)26-12-13-33-18-23(26)8-11-28-27-10-9-25(32)17-29(27)35(15-14-34-28)19-20-4-6-21(7-5-20)30(36)37/h1-13,16-18H,14-15,19H2,(H,36,37)/b11-8+. The summed E-state index contributed by atoms with van der Waals surface area (Å²) < 4.78 is 1.02. The predicted octanol–water partition coefficient (Wildman–Crippen LogP) is 7.39. The maximum Gasteiger partial charge on any atom is 0.335 e. The monoisotopic (exact) mass is 571 g/mol. The first-order chi connectivity index (χ1) is 18.0. The van der Waals surface area contributed by atoms with E-state index in [-0.39, 0.29) is 5.56 Å². The minimum absolute atomic E-state index is 0.274. The fraction of sp³-hybridized carbons (Fsp3) is 0.100. The number of aromatic nitrogens is 1. The summed E-state index contributed by atoms with van der Waals surface area (Å²) in [4.78, 5) is 22.7. The number of rotatable bonds is 6. The van der Waals surface area contributed by atoms with Crippen molar-refractivity contribution in [2.45, 2.75) is 6.54 Å². The van der Waals surface area contributed by atoms with Gasteiger partial charge in [0.05, 0.1) is 17.8 Å². The lowest BCUT2D eigenvalue weighted by atomic mass is 10.00. The number of hydrogen-bond donors (Lipinski definition) is 1. The lowest BCUT2D eigenvalue weighted by Gasteiger charge is -2.25. The van der Waals surface area contributed by atoms with E-state index in [2.05, 4.69) is 44.0 Å². The van der Waals surface area contributed by atoms with Crippen LogP contribution in [0, 0.1) is 0 Å². The fourth-order valence-corrected chi connectivity index (χ4v) is 4.95. The molecule has 3 aromatic carbocycles. The number of aliphatic imine (C=N–C) groups is 1. The summed E-state index contributed by atoms with van der Waals surface area (Å²) in [7, 11) is 0. The van der Waals surface area contributed by atoms with Crippen molar-refractivity contribution in [2.75, 3.05) is 18.0 Å². The topological polar surface area (TPSA) is 65.8 Å². The molecule has 0 atom stereocenters. The molecule has 1 aliphatic heterocycles. The van der Waals surface area contributed by atoms with Gasteiger partial charge in [-0.25, -0.2) is 4.79 Å². The molecule has 0 radical (unpaired) electrons. The molecule has 1 aromatic heterocycles. The van der Waals surface area contributed by atoms with Crippen molar-refractivity contribution < 1.29 is 9.90 Å². The Morgan fingerprint density at radius 3 is 2.65 bits per heavy atom. The van der Waals surface area contributed by atoms with Crippen molar-refractivity contribution >= 4 is 51.0 Å². The van der Waals surface area contributed by atoms with Crippen LogP contribution in [0.15, 0.2) is 101 Å². The van der Waals surface area contributed by atoms with E-state index in [4.69, 9.17) is 16.6 Å². The molecule has 1 aliphatic rings. The van der Waals surface area contributed by atoms with Crippen LogP contribution >= 0.6 is 27.5 Å². The first kappa shape index (κ1) is 24.9. The van der Waals surface area contributed by atoms with Gasteiger partial charge < -0.3 is 10.0 Å². The van der Waals surface area contributed by atoms with Crippen molar-refractivity contribution in [3.05, 3.63) is 123 Å². The van der Waals surface area contributed by atoms with Gasteiger partial charge in [-0.05, 0) is 71.3 Å². The quantitative estimate of drug-likeness (QED) is 0.262. The molecular weight excluding hydrogens is 550 g/mol. The normalized spacial score (nSPS) is 13.2. The maximum absolute atomic E-state index is 11.2. The van der Waals surface area contributed by atoms with Gasteiger partial charge in [-0.3, -0.25) is 9.98 Å². The Bertz CT molecular complexity index is 1520. The van der Waals surface area contributed by atoms with E-state index in [1.54, 1.807) is 18.3 Å². The summed E-state index contributed by atoms with van der Waals surface area (Å²) in [6, 6.07) is 23.0. The smallest absolute Gasteiger partial charge is 0.335 e. The third-order valence-electron chi connectivity index (χ3n) is 6.21. The highest BCUT2D eigenvalue weighted by Crippen LogP contribution is 2.31. The molecule has 0 saturated heterocycles. The van der Waals surface area contributed by atoms with E-state index in [1.807, 2.05) is 60.8 Å². The van der Waals surface area contributed by atoms with Crippen molar-refractivity contribution in [3.63, 3.8) is 0 Å². The molecule has 5 rings (SSSR count). The number of fused-ring (bicyclic) bond motifs is 1. The summed E-state index contributed by atoms with van der Waals surface area (Å²) in [6.45, 7) is 1.95. The number of nitrogens with zero attached hydrogens (tertiary/aromatic N) is 3. The van der Waals surface area contributed by atoms with E-state index in [0.717, 1.165) is 43.7 Å². The number of benzene rings is 3. The van der Waals surface area contributed by atoms with Gasteiger partial charge in [0, 0.05) is 51.8 Å². The van der Waals surface area contributed by atoms with Gasteiger partial charge in [0.1, 0.15) is 0 Å². The van der Waals surface area contributed by atoms with E-state index < -0.39 is 5.97 Å². The maximum atomic E-state index is 11.2. The number of carboxylic acids is 1. The van der Waals surface area contributed by atoms with E-state index in [0.29, 0.717) is 24.7 Å². The highest BCUT2D eigenvalue weighted by molar-refractivity contribution is 9.10. The number of halogens is 2. The number of benzodiazepines with no additional fused rings is 1. The van der Waals surface area contributed by atoms with Crippen molar-refractivity contribution in [3.8, 4) is 11.1 Å². The van der Waals surface area contributed by atoms with Gasteiger partial charge in [0.2, 0.25) is 0 Å². The molecule has 37 heavy (non-hydrogen) atoms. The molecule has 184 valence electrons. The summed E-state index contributed by atoms with van der Waals surface area (Å²) in [6.07, 6.45) is 7.76. The molecule has 0 spiro atoms. The SMILES string of the molecule is O=C(O)c1ccc(CN2CCN=C(/C=C/c3cnccc3-c3cccc(Br)c3)c3ccc(Cl)cc32)cc1. The highest BCUT2D eigenvalue weighted by atomic mass is 79.9. The molecule has 2 heterocycles. The molecule has 0 bridgehead atoms. The second-order valence-corrected chi connectivity index (χ2v) is 10.0. The second-order valence-electron chi connectivity index (χ2n) is 8.66. The summed E-state index contributed by atoms with van der Waals surface area (Å²) in [5.41, 5.74) is 7.34. The summed E-state index contributed by atoms with van der Waals surface area (Å²) >= 11 is 9.98. The van der Waals surface area contributed by atoms with Crippen LogP contribution in [-0.2, 0) is 6.54 Å². The molecule has 0 unspecified atom stereocenters. The molecule has 0 aliphatic carbocycles. The summed E-state index contributed by atoms with van der Waals surface area (Å²) in [5.74, 6) is -0.931. The van der Waals surface area contributed by atoms with Crippen LogP contribution in [0.25, 0.3) is 17.2 Å². The average molecular weight is 573 g/mol. The Morgan fingerprint density at radius 1 is 1.03 bits per heavy atom. The molecule has 0 fully saturated rings. The van der Waals surface area contributed by atoms with Crippen LogP contribution in [0.3, 0.4) is 0 Å². The molecule has 5 nitrogen and oxygen atoms in total. The lowest BCUT2D eigenvalue weighted by Crippen LogP contribution is -2.25. The Balaban J connectivity index is 1.46. The largest absolute Gasteiger partial charge is 0.478 e. The molecule has 7 heteroatoms. The lowest BCUT2D eigenvalue weighted by molar-refractivity contribution is 0.0697. The number of pyridine rings is 1. The molecular formula is C30H23BrClN3O2. The van der Waals surface area contributed by atoms with Crippen LogP contribution in [-0.4, -0.2) is 34.9 Å². The Labute approximate surface area is 228 Å². The summed E-state index contributed by atoms with van der Waals surface area (Å²) in [5, 5.41) is 9.85. The van der Waals surface area contributed by atoms with Crippen LogP contribution < -0.4 is 4.90 Å². The van der Waals surface area contributed by atoms with Gasteiger partial charge in [-0.2, -0.15) is 0 Å². The zero-order valence-electron chi connectivity index (χ0n) is 19.8. The first-order valence-electron chi connectivity index (χ1n) is 11.8. The van der Waals surface area contributed by atoms with Crippen LogP contribution in [0.5, 0.6) is 0 Å². The van der Waals surface area contributed by atoms with E-state index in [1.165, 1.54) is 0 Å². The fourth-order valence-electron chi connectivity index (χ4n) is 4.39. The van der Waals surface area contributed by atoms with Gasteiger partial charge in [-0.1, -0.05) is 57.9 Å². The second kappa shape index (κ2) is 11.1. The Kier molecular flexibility index (Phi) is 7.49. The minimum Gasteiger partial charge on any atom is -0.478 e. The first-order valence-corrected chi connectivity index (χ1v) is 12.9. The highest BCUT2D eigenvalue weighted by Gasteiger charge is 2.19. The number of allylic oxidation sites excluding steroid dienone is 1. The Morgan fingerprint density at radius 2 is 1.86 bits per heavy atom. The van der Waals surface area contributed by atoms with Crippen LogP contribution in [0.4, 0.5) is 5.69 Å². The molecule has 0 amide bonds. The Hall–Kier alpha value is -3.74. The number of carbonyl (C=O) groups is 1. The zero-order chi connectivity index (χ0) is 25.8. The van der Waals surface area contributed by atoms with E-state index >= 15 is 0 Å². The van der Waals surface area contributed by atoms with Gasteiger partial charge in [0.25, 0.3) is 0 Å². The minimum atomic E-state index is -0.931. The number of hydrogen-bond acceptors (Lipinski definition) is 4. The average Bonchev–Trinajstić information content (AvgIpc) is 3.06. The van der Waals surface area contributed by atoms with E-state index in [9.17, 15) is 9.90 Å². The number of anilines is 1.